The molecule has 1 unspecified atom stereocenters. The molecule has 0 amide bonds. The van der Waals surface area contributed by atoms with Crippen molar-refractivity contribution in [3.63, 3.8) is 0 Å². The Kier molecular flexibility index (Phi) is 6.38. The molecule has 0 spiro atoms. The molecule has 4 heteroatoms. The Morgan fingerprint density at radius 1 is 1.56 bits per heavy atom. The van der Waals surface area contributed by atoms with Crippen molar-refractivity contribution in [2.75, 3.05) is 18.1 Å². The maximum Gasteiger partial charge on any atom is 0.202 e. The van der Waals surface area contributed by atoms with Gasteiger partial charge in [0.25, 0.3) is 0 Å². The number of hydrogen-bond donors (Lipinski definition) is 1. The number of anilines is 1. The second-order valence-electron chi connectivity index (χ2n) is 4.06. The Bertz CT molecular complexity index is 286. The number of unbranched alkanes of at least 4 members (excludes halogenated alkanes) is 1. The van der Waals surface area contributed by atoms with Crippen molar-refractivity contribution in [3.8, 4) is 0 Å². The highest BCUT2D eigenvalue weighted by atomic mass is 32.2. The lowest BCUT2D eigenvalue weighted by atomic mass is 10.3. The zero-order chi connectivity index (χ0) is 11.8. The van der Waals surface area contributed by atoms with E-state index < -0.39 is 0 Å². The van der Waals surface area contributed by atoms with Gasteiger partial charge in [0, 0.05) is 30.7 Å². The molecular weight excluding hydrogens is 218 g/mol. The third kappa shape index (κ3) is 4.47. The molecule has 1 rings (SSSR count). The highest BCUT2D eigenvalue weighted by Crippen LogP contribution is 2.13. The van der Waals surface area contributed by atoms with Crippen molar-refractivity contribution in [3.05, 3.63) is 12.4 Å². The molecule has 0 saturated heterocycles. The van der Waals surface area contributed by atoms with Gasteiger partial charge in [0.05, 0.1) is 0 Å². The summed E-state index contributed by atoms with van der Waals surface area (Å²) in [6, 6.07) is 0. The van der Waals surface area contributed by atoms with Gasteiger partial charge in [-0.15, -0.1) is 0 Å². The largest absolute Gasteiger partial charge is 0.356 e. The topological polar surface area (TPSA) is 29.9 Å². The van der Waals surface area contributed by atoms with Crippen LogP contribution >= 0.6 is 11.8 Å². The lowest BCUT2D eigenvalue weighted by molar-refractivity contribution is 0.642. The Balaban J connectivity index is 2.37. The van der Waals surface area contributed by atoms with Crippen molar-refractivity contribution in [1.82, 2.24) is 9.55 Å². The van der Waals surface area contributed by atoms with E-state index in [4.69, 9.17) is 0 Å². The molecule has 1 atom stereocenters. The minimum Gasteiger partial charge on any atom is -0.356 e. The van der Waals surface area contributed by atoms with E-state index in [1.165, 1.54) is 19.3 Å². The molecule has 0 aliphatic heterocycles. The number of rotatable bonds is 8. The quantitative estimate of drug-likeness (QED) is 0.709. The number of aromatic nitrogens is 2. The number of hydrogen-bond acceptors (Lipinski definition) is 3. The van der Waals surface area contributed by atoms with Crippen LogP contribution in [0.5, 0.6) is 0 Å². The van der Waals surface area contributed by atoms with Gasteiger partial charge in [0.1, 0.15) is 0 Å². The summed E-state index contributed by atoms with van der Waals surface area (Å²) in [6.45, 7) is 6.54. The summed E-state index contributed by atoms with van der Waals surface area (Å²) in [7, 11) is 0. The smallest absolute Gasteiger partial charge is 0.202 e. The summed E-state index contributed by atoms with van der Waals surface area (Å²) in [5.41, 5.74) is 0. The second-order valence-corrected chi connectivity index (χ2v) is 5.34. The highest BCUT2D eigenvalue weighted by Gasteiger charge is 2.04. The third-order valence-electron chi connectivity index (χ3n) is 2.71. The van der Waals surface area contributed by atoms with E-state index >= 15 is 0 Å². The van der Waals surface area contributed by atoms with E-state index in [2.05, 4.69) is 41.2 Å². The van der Waals surface area contributed by atoms with Gasteiger partial charge in [-0.2, -0.15) is 11.8 Å². The van der Waals surface area contributed by atoms with Gasteiger partial charge in [-0.3, -0.25) is 0 Å². The van der Waals surface area contributed by atoms with Crippen molar-refractivity contribution in [2.24, 2.45) is 0 Å². The maximum absolute atomic E-state index is 4.34. The van der Waals surface area contributed by atoms with Crippen LogP contribution in [0.1, 0.15) is 33.1 Å². The predicted octanol–water partition coefficient (Wildman–Crippen LogP) is 3.24. The molecular formula is C12H23N3S. The maximum atomic E-state index is 4.34. The van der Waals surface area contributed by atoms with Gasteiger partial charge in [-0.05, 0) is 19.1 Å². The summed E-state index contributed by atoms with van der Waals surface area (Å²) in [4.78, 5) is 4.34. The predicted molar refractivity (Wildman–Crippen MR) is 73.2 cm³/mol. The van der Waals surface area contributed by atoms with Crippen LogP contribution in [0.2, 0.25) is 0 Å². The number of nitrogens with one attached hydrogen (secondary N) is 1. The van der Waals surface area contributed by atoms with Gasteiger partial charge in [0.15, 0.2) is 0 Å². The molecule has 3 nitrogen and oxygen atoms in total. The van der Waals surface area contributed by atoms with Gasteiger partial charge in [0.2, 0.25) is 5.95 Å². The Morgan fingerprint density at radius 3 is 3.06 bits per heavy atom. The van der Waals surface area contributed by atoms with Crippen LogP contribution in [-0.2, 0) is 6.54 Å². The fourth-order valence-corrected chi connectivity index (χ4v) is 1.81. The van der Waals surface area contributed by atoms with E-state index in [9.17, 15) is 0 Å². The second kappa shape index (κ2) is 7.60. The lowest BCUT2D eigenvalue weighted by Crippen LogP contribution is -2.10. The van der Waals surface area contributed by atoms with Gasteiger partial charge in [-0.1, -0.05) is 20.3 Å². The molecule has 0 bridgehead atoms. The first-order valence-electron chi connectivity index (χ1n) is 6.05. The Labute approximate surface area is 103 Å². The van der Waals surface area contributed by atoms with Gasteiger partial charge < -0.3 is 9.88 Å². The Morgan fingerprint density at radius 2 is 2.38 bits per heavy atom. The van der Waals surface area contributed by atoms with Crippen LogP contribution in [-0.4, -0.2) is 27.6 Å². The monoisotopic (exact) mass is 241 g/mol. The third-order valence-corrected chi connectivity index (χ3v) is 3.75. The minimum absolute atomic E-state index is 0.714. The summed E-state index contributed by atoms with van der Waals surface area (Å²) in [5, 5.41) is 4.09. The van der Waals surface area contributed by atoms with Crippen LogP contribution in [0, 0.1) is 0 Å². The highest BCUT2D eigenvalue weighted by molar-refractivity contribution is 7.99. The van der Waals surface area contributed by atoms with E-state index in [0.717, 1.165) is 19.0 Å². The molecule has 92 valence electrons. The van der Waals surface area contributed by atoms with Crippen LogP contribution in [0.15, 0.2) is 12.4 Å². The summed E-state index contributed by atoms with van der Waals surface area (Å²) in [5.74, 6) is 1.02. The number of aryl methyl sites for hydroxylation is 1. The minimum atomic E-state index is 0.714. The summed E-state index contributed by atoms with van der Waals surface area (Å²) >= 11 is 1.92. The first kappa shape index (κ1) is 13.4. The molecule has 0 aliphatic rings. The number of nitrogens with zero attached hydrogens (tertiary/aromatic N) is 2. The molecule has 1 heterocycles. The molecule has 0 aromatic carbocycles. The summed E-state index contributed by atoms with van der Waals surface area (Å²) in [6.07, 6.45) is 9.71. The van der Waals surface area contributed by atoms with Crippen LogP contribution in [0.25, 0.3) is 0 Å². The van der Waals surface area contributed by atoms with Crippen molar-refractivity contribution in [2.45, 2.75) is 44.9 Å². The van der Waals surface area contributed by atoms with E-state index in [0.29, 0.717) is 5.25 Å². The molecule has 0 radical (unpaired) electrons. The molecule has 1 N–H and O–H groups in total. The van der Waals surface area contributed by atoms with E-state index in [1.807, 2.05) is 18.0 Å². The number of thioether (sulfide) groups is 1. The molecule has 0 saturated carbocycles. The molecule has 0 fully saturated rings. The normalized spacial score (nSPS) is 12.7. The molecule has 1 aromatic heterocycles. The van der Waals surface area contributed by atoms with Crippen LogP contribution < -0.4 is 5.32 Å². The Hall–Kier alpha value is -0.640. The SMILES string of the molecule is CCCCNc1nccn1CCC(C)SC. The van der Waals surface area contributed by atoms with Gasteiger partial charge in [-0.25, -0.2) is 4.98 Å². The van der Waals surface area contributed by atoms with E-state index in [1.54, 1.807) is 0 Å². The van der Waals surface area contributed by atoms with Crippen LogP contribution in [0.4, 0.5) is 5.95 Å². The summed E-state index contributed by atoms with van der Waals surface area (Å²) < 4.78 is 2.21. The fourth-order valence-electron chi connectivity index (χ4n) is 1.47. The molecule has 0 aliphatic carbocycles. The average molecular weight is 241 g/mol. The molecule has 1 aromatic rings. The first-order valence-corrected chi connectivity index (χ1v) is 7.34. The van der Waals surface area contributed by atoms with Crippen molar-refractivity contribution in [1.29, 1.82) is 0 Å². The molecule has 16 heavy (non-hydrogen) atoms. The lowest BCUT2D eigenvalue weighted by Gasteiger charge is -2.12. The van der Waals surface area contributed by atoms with Gasteiger partial charge >= 0.3 is 0 Å². The number of imidazole rings is 1. The van der Waals surface area contributed by atoms with Crippen molar-refractivity contribution < 1.29 is 0 Å². The average Bonchev–Trinajstić information content (AvgIpc) is 2.74. The van der Waals surface area contributed by atoms with Crippen LogP contribution in [0.3, 0.4) is 0 Å². The standard InChI is InChI=1S/C12H23N3S/c1-4-5-7-13-12-14-8-10-15(12)9-6-11(2)16-3/h8,10-11H,4-7,9H2,1-3H3,(H,13,14). The van der Waals surface area contributed by atoms with Crippen molar-refractivity contribution >= 4 is 17.7 Å². The first-order chi connectivity index (χ1) is 7.77. The fraction of sp³-hybridized carbons (Fsp3) is 0.750. The van der Waals surface area contributed by atoms with E-state index in [-0.39, 0.29) is 0 Å². The zero-order valence-corrected chi connectivity index (χ0v) is 11.4. The zero-order valence-electron chi connectivity index (χ0n) is 10.6.